The fraction of sp³-hybridized carbons (Fsp3) is 0.417. The Hall–Kier alpha value is 0.960. The van der Waals surface area contributed by atoms with E-state index in [-0.39, 0.29) is 0 Å². The van der Waals surface area contributed by atoms with Gasteiger partial charge in [0.05, 0.1) is 0 Å². The van der Waals surface area contributed by atoms with Crippen LogP contribution in [-0.4, -0.2) is 0 Å². The molecule has 0 aliphatic rings. The van der Waals surface area contributed by atoms with Crippen LogP contribution in [0.2, 0.25) is 0 Å². The Morgan fingerprint density at radius 3 is 1.67 bits per heavy atom. The summed E-state index contributed by atoms with van der Waals surface area (Å²) in [6.45, 7) is 3.79. The van der Waals surface area contributed by atoms with Gasteiger partial charge in [0.1, 0.15) is 0 Å². The normalized spacial score (nSPS) is 12.8. The number of rotatable bonds is 3. The largest absolute Gasteiger partial charge is 0.216 e. The highest BCUT2D eigenvalue weighted by molar-refractivity contribution is 6.67. The third-order valence-corrected chi connectivity index (χ3v) is 3.69. The first-order valence-electron chi connectivity index (χ1n) is 5.23. The number of alkyl halides is 6. The van der Waals surface area contributed by atoms with E-state index in [4.69, 9.17) is 69.6 Å². The molecule has 1 rings (SSSR count). The number of halogens is 6. The summed E-state index contributed by atoms with van der Waals surface area (Å²) in [6.07, 6.45) is 2.23. The van der Waals surface area contributed by atoms with Crippen LogP contribution < -0.4 is 0 Å². The maximum atomic E-state index is 5.95. The first-order valence-corrected chi connectivity index (χ1v) is 7.50. The van der Waals surface area contributed by atoms with Crippen molar-refractivity contribution in [2.24, 2.45) is 0 Å². The molecular formula is C12H11Cl6. The average Bonchev–Trinajstić information content (AvgIpc) is 2.23. The van der Waals surface area contributed by atoms with E-state index in [0.29, 0.717) is 17.5 Å². The van der Waals surface area contributed by atoms with Crippen LogP contribution in [0, 0.1) is 6.92 Å². The van der Waals surface area contributed by atoms with Gasteiger partial charge >= 0.3 is 0 Å². The Bertz CT molecular complexity index is 370. The summed E-state index contributed by atoms with van der Waals surface area (Å²) in [5.74, 6) is 0. The summed E-state index contributed by atoms with van der Waals surface area (Å²) in [5.41, 5.74) is 1.86. The predicted molar refractivity (Wildman–Crippen MR) is 83.2 cm³/mol. The molecule has 1 aromatic carbocycles. The van der Waals surface area contributed by atoms with Gasteiger partial charge in [0.2, 0.25) is 7.59 Å². The lowest BCUT2D eigenvalue weighted by Gasteiger charge is -2.23. The van der Waals surface area contributed by atoms with Crippen LogP contribution in [0.1, 0.15) is 29.5 Å². The van der Waals surface area contributed by atoms with Crippen LogP contribution in [-0.2, 0) is 14.0 Å². The number of unbranched alkanes of at least 4 members (excludes halogenated alkanes) is 1. The molecule has 0 fully saturated rings. The fourth-order valence-corrected chi connectivity index (χ4v) is 2.75. The Morgan fingerprint density at radius 1 is 0.889 bits per heavy atom. The molecule has 1 aromatic rings. The van der Waals surface area contributed by atoms with Gasteiger partial charge in [-0.05, 0) is 18.4 Å². The number of hydrogen-bond donors (Lipinski definition) is 0. The summed E-state index contributed by atoms with van der Waals surface area (Å²) < 4.78 is -3.08. The molecule has 1 radical (unpaired) electrons. The van der Waals surface area contributed by atoms with E-state index < -0.39 is 7.59 Å². The van der Waals surface area contributed by atoms with Crippen molar-refractivity contribution >= 4 is 69.6 Å². The van der Waals surface area contributed by atoms with E-state index in [9.17, 15) is 0 Å². The Labute approximate surface area is 137 Å². The van der Waals surface area contributed by atoms with Gasteiger partial charge in [-0.3, -0.25) is 0 Å². The number of hydrogen-bond acceptors (Lipinski definition) is 0. The maximum absolute atomic E-state index is 5.95. The fourth-order valence-electron chi connectivity index (χ4n) is 1.69. The van der Waals surface area contributed by atoms with Crippen LogP contribution in [0.25, 0.3) is 0 Å². The van der Waals surface area contributed by atoms with Crippen LogP contribution >= 0.6 is 69.6 Å². The lowest BCUT2D eigenvalue weighted by Crippen LogP contribution is -2.13. The van der Waals surface area contributed by atoms with Gasteiger partial charge in [-0.1, -0.05) is 101 Å². The number of benzene rings is 1. The SMILES string of the molecule is [CH2]CCCc1c(C(Cl)(Cl)Cl)cccc1C(Cl)(Cl)Cl. The predicted octanol–water partition coefficient (Wildman–Crippen LogP) is 6.50. The van der Waals surface area contributed by atoms with Gasteiger partial charge in [0.25, 0.3) is 0 Å². The molecule has 0 bridgehead atoms. The van der Waals surface area contributed by atoms with Crippen molar-refractivity contribution in [3.05, 3.63) is 41.8 Å². The second-order valence-electron chi connectivity index (χ2n) is 3.78. The highest BCUT2D eigenvalue weighted by Gasteiger charge is 2.32. The molecule has 0 aliphatic heterocycles. The van der Waals surface area contributed by atoms with Gasteiger partial charge in [-0.2, -0.15) is 0 Å². The minimum absolute atomic E-state index is 0.546. The minimum atomic E-state index is -1.54. The van der Waals surface area contributed by atoms with E-state index in [1.165, 1.54) is 0 Å². The van der Waals surface area contributed by atoms with Crippen molar-refractivity contribution in [3.63, 3.8) is 0 Å². The van der Waals surface area contributed by atoms with E-state index in [1.54, 1.807) is 18.2 Å². The smallest absolute Gasteiger partial charge is 0.0784 e. The lowest BCUT2D eigenvalue weighted by atomic mass is 9.97. The van der Waals surface area contributed by atoms with Crippen LogP contribution in [0.5, 0.6) is 0 Å². The zero-order valence-electron chi connectivity index (χ0n) is 9.33. The van der Waals surface area contributed by atoms with Crippen molar-refractivity contribution in [1.82, 2.24) is 0 Å². The summed E-state index contributed by atoms with van der Waals surface area (Å²) >= 11 is 35.7. The highest BCUT2D eigenvalue weighted by Crippen LogP contribution is 2.46. The molecule has 0 spiro atoms. The monoisotopic (exact) mass is 365 g/mol. The van der Waals surface area contributed by atoms with Gasteiger partial charge in [-0.25, -0.2) is 0 Å². The quantitative estimate of drug-likeness (QED) is 0.535. The van der Waals surface area contributed by atoms with Gasteiger partial charge in [-0.15, -0.1) is 0 Å². The molecule has 0 N–H and O–H groups in total. The molecule has 0 atom stereocenters. The molecule has 0 nitrogen and oxygen atoms in total. The van der Waals surface area contributed by atoms with Crippen molar-refractivity contribution in [1.29, 1.82) is 0 Å². The van der Waals surface area contributed by atoms with Gasteiger partial charge < -0.3 is 0 Å². The van der Waals surface area contributed by atoms with E-state index in [1.807, 2.05) is 0 Å². The van der Waals surface area contributed by atoms with Crippen LogP contribution in [0.15, 0.2) is 18.2 Å². The molecule has 6 heteroatoms. The van der Waals surface area contributed by atoms with E-state index in [0.717, 1.165) is 18.4 Å². The Morgan fingerprint density at radius 2 is 1.33 bits per heavy atom. The zero-order chi connectivity index (χ0) is 14.0. The highest BCUT2D eigenvalue weighted by atomic mass is 35.6. The summed E-state index contributed by atoms with van der Waals surface area (Å²) in [6, 6.07) is 5.17. The van der Waals surface area contributed by atoms with Crippen molar-refractivity contribution in [2.45, 2.75) is 26.8 Å². The molecular weight excluding hydrogens is 357 g/mol. The first-order chi connectivity index (χ1) is 8.18. The summed E-state index contributed by atoms with van der Waals surface area (Å²) in [4.78, 5) is 0. The third-order valence-electron chi connectivity index (χ3n) is 2.46. The van der Waals surface area contributed by atoms with Crippen molar-refractivity contribution in [3.8, 4) is 0 Å². The molecule has 101 valence electrons. The topological polar surface area (TPSA) is 0 Å². The standard InChI is InChI=1S/C12H11Cl6/c1-2-3-5-8-9(11(13,14)15)6-4-7-10(8)12(16,17)18/h4,6-7H,1-3,5H2. The third kappa shape index (κ3) is 4.51. The van der Waals surface area contributed by atoms with Gasteiger partial charge in [0.15, 0.2) is 0 Å². The molecule has 18 heavy (non-hydrogen) atoms. The lowest BCUT2D eigenvalue weighted by molar-refractivity contribution is 0.820. The van der Waals surface area contributed by atoms with Crippen molar-refractivity contribution < 1.29 is 0 Å². The molecule has 0 aromatic heterocycles. The average molecular weight is 368 g/mol. The second-order valence-corrected chi connectivity index (χ2v) is 8.35. The van der Waals surface area contributed by atoms with Crippen LogP contribution in [0.3, 0.4) is 0 Å². The second kappa shape index (κ2) is 6.61. The summed E-state index contributed by atoms with van der Waals surface area (Å²) in [7, 11) is 0. The summed E-state index contributed by atoms with van der Waals surface area (Å²) in [5, 5.41) is 0. The van der Waals surface area contributed by atoms with E-state index >= 15 is 0 Å². The first kappa shape index (κ1) is 17.0. The van der Waals surface area contributed by atoms with E-state index in [2.05, 4.69) is 6.92 Å². The zero-order valence-corrected chi connectivity index (χ0v) is 13.9. The molecule has 0 saturated heterocycles. The minimum Gasteiger partial charge on any atom is -0.0784 e. The molecule has 0 amide bonds. The molecule has 0 unspecified atom stereocenters. The Balaban J connectivity index is 3.35. The van der Waals surface area contributed by atoms with Gasteiger partial charge in [0, 0.05) is 11.1 Å². The van der Waals surface area contributed by atoms with Crippen molar-refractivity contribution in [2.75, 3.05) is 0 Å². The Kier molecular flexibility index (Phi) is 6.25. The molecule has 0 heterocycles. The molecule has 0 saturated carbocycles. The maximum Gasteiger partial charge on any atom is 0.216 e. The van der Waals surface area contributed by atoms with Crippen LogP contribution in [0.4, 0.5) is 0 Å². The molecule has 0 aliphatic carbocycles.